The van der Waals surface area contributed by atoms with Crippen LogP contribution in [-0.4, -0.2) is 43.6 Å². The van der Waals surface area contributed by atoms with Crippen LogP contribution in [0.5, 0.6) is 5.75 Å². The molecule has 0 N–H and O–H groups in total. The molecule has 0 spiro atoms. The molecule has 0 aliphatic carbocycles. The molecule has 1 saturated heterocycles. The lowest BCUT2D eigenvalue weighted by Crippen LogP contribution is -2.41. The third kappa shape index (κ3) is 2.72. The summed E-state index contributed by atoms with van der Waals surface area (Å²) in [6.07, 6.45) is 1.40. The van der Waals surface area contributed by atoms with Crippen molar-refractivity contribution in [3.63, 3.8) is 0 Å². The summed E-state index contributed by atoms with van der Waals surface area (Å²) in [6, 6.07) is 4.29. The molecule has 0 bridgehead atoms. The van der Waals surface area contributed by atoms with Gasteiger partial charge in [-0.15, -0.1) is 0 Å². The quantitative estimate of drug-likeness (QED) is 0.802. The van der Waals surface area contributed by atoms with E-state index in [-0.39, 0.29) is 11.9 Å². The zero-order valence-electron chi connectivity index (χ0n) is 11.4. The second-order valence-electron chi connectivity index (χ2n) is 4.52. The van der Waals surface area contributed by atoms with Crippen LogP contribution in [0.25, 0.3) is 0 Å². The van der Waals surface area contributed by atoms with Crippen LogP contribution in [0.1, 0.15) is 23.2 Å². The number of benzene rings is 1. The van der Waals surface area contributed by atoms with Gasteiger partial charge in [0, 0.05) is 11.6 Å². The molecule has 1 atom stereocenters. The molecule has 1 heterocycles. The second kappa shape index (κ2) is 6.13. The lowest BCUT2D eigenvalue weighted by atomic mass is 10.1. The van der Waals surface area contributed by atoms with Gasteiger partial charge in [0.05, 0.1) is 19.8 Å². The van der Waals surface area contributed by atoms with Gasteiger partial charge in [0.1, 0.15) is 11.8 Å². The summed E-state index contributed by atoms with van der Waals surface area (Å²) in [6.45, 7) is 0.532. The molecular formula is C14H16ClNO4. The predicted octanol–water partition coefficient (Wildman–Crippen LogP) is 2.13. The summed E-state index contributed by atoms with van der Waals surface area (Å²) in [5, 5.41) is 0.490. The summed E-state index contributed by atoms with van der Waals surface area (Å²) in [5.41, 5.74) is 0.396. The number of ether oxygens (including phenoxy) is 2. The predicted molar refractivity (Wildman–Crippen MR) is 74.1 cm³/mol. The molecule has 1 aromatic carbocycles. The van der Waals surface area contributed by atoms with Crippen LogP contribution < -0.4 is 4.74 Å². The normalized spacial score (nSPS) is 17.9. The van der Waals surface area contributed by atoms with E-state index in [2.05, 4.69) is 0 Å². The van der Waals surface area contributed by atoms with Crippen LogP contribution >= 0.6 is 11.6 Å². The molecule has 1 aliphatic heterocycles. The van der Waals surface area contributed by atoms with Gasteiger partial charge >= 0.3 is 5.97 Å². The van der Waals surface area contributed by atoms with E-state index in [0.717, 1.165) is 6.42 Å². The van der Waals surface area contributed by atoms with Crippen LogP contribution in [0.15, 0.2) is 18.2 Å². The molecule has 1 aromatic rings. The van der Waals surface area contributed by atoms with Crippen molar-refractivity contribution in [3.05, 3.63) is 28.8 Å². The Kier molecular flexibility index (Phi) is 4.49. The molecule has 20 heavy (non-hydrogen) atoms. The molecule has 6 heteroatoms. The third-order valence-corrected chi connectivity index (χ3v) is 3.62. The molecule has 5 nitrogen and oxygen atoms in total. The Morgan fingerprint density at radius 2 is 2.10 bits per heavy atom. The molecule has 0 radical (unpaired) electrons. The number of rotatable bonds is 3. The highest BCUT2D eigenvalue weighted by molar-refractivity contribution is 6.30. The van der Waals surface area contributed by atoms with E-state index < -0.39 is 6.04 Å². The first kappa shape index (κ1) is 14.7. The maximum absolute atomic E-state index is 12.6. The fraction of sp³-hybridized carbons (Fsp3) is 0.429. The number of hydrogen-bond acceptors (Lipinski definition) is 4. The maximum Gasteiger partial charge on any atom is 0.328 e. The number of halogens is 1. The van der Waals surface area contributed by atoms with E-state index in [1.807, 2.05) is 0 Å². The summed E-state index contributed by atoms with van der Waals surface area (Å²) in [5.74, 6) is -0.229. The summed E-state index contributed by atoms with van der Waals surface area (Å²) >= 11 is 5.88. The lowest BCUT2D eigenvalue weighted by Gasteiger charge is -2.23. The Balaban J connectivity index is 2.29. The molecule has 1 fully saturated rings. The van der Waals surface area contributed by atoms with E-state index in [1.165, 1.54) is 19.1 Å². The number of hydrogen-bond donors (Lipinski definition) is 0. The van der Waals surface area contributed by atoms with Crippen molar-refractivity contribution in [3.8, 4) is 5.75 Å². The molecule has 2 rings (SSSR count). The van der Waals surface area contributed by atoms with Gasteiger partial charge in [-0.05, 0) is 31.0 Å². The molecule has 1 amide bonds. The first-order chi connectivity index (χ1) is 9.58. The Bertz CT molecular complexity index is 532. The number of amides is 1. The van der Waals surface area contributed by atoms with Gasteiger partial charge in [0.25, 0.3) is 5.91 Å². The third-order valence-electron chi connectivity index (χ3n) is 3.38. The van der Waals surface area contributed by atoms with Crippen LogP contribution in [0.3, 0.4) is 0 Å². The summed E-state index contributed by atoms with van der Waals surface area (Å²) in [7, 11) is 2.80. The summed E-state index contributed by atoms with van der Waals surface area (Å²) < 4.78 is 9.92. The van der Waals surface area contributed by atoms with Gasteiger partial charge in [-0.3, -0.25) is 4.79 Å². The number of esters is 1. The topological polar surface area (TPSA) is 55.8 Å². The number of carbonyl (C=O) groups is 2. The van der Waals surface area contributed by atoms with Crippen molar-refractivity contribution in [1.82, 2.24) is 4.90 Å². The molecule has 0 saturated carbocycles. The smallest absolute Gasteiger partial charge is 0.328 e. The minimum Gasteiger partial charge on any atom is -0.496 e. The fourth-order valence-electron chi connectivity index (χ4n) is 2.39. The minimum atomic E-state index is -0.520. The zero-order chi connectivity index (χ0) is 14.7. The standard InChI is InChI=1S/C14H16ClNO4/c1-19-12-8-9(15)5-6-10(12)13(17)16-7-3-4-11(16)14(18)20-2/h5-6,8,11H,3-4,7H2,1-2H3. The van der Waals surface area contributed by atoms with Crippen molar-refractivity contribution in [1.29, 1.82) is 0 Å². The molecule has 1 aliphatic rings. The Morgan fingerprint density at radius 1 is 1.35 bits per heavy atom. The number of methoxy groups -OCH3 is 2. The van der Waals surface area contributed by atoms with E-state index in [4.69, 9.17) is 21.1 Å². The Labute approximate surface area is 122 Å². The van der Waals surface area contributed by atoms with E-state index in [9.17, 15) is 9.59 Å². The Hall–Kier alpha value is -1.75. The van der Waals surface area contributed by atoms with Crippen molar-refractivity contribution < 1.29 is 19.1 Å². The van der Waals surface area contributed by atoms with Gasteiger partial charge in [-0.2, -0.15) is 0 Å². The lowest BCUT2D eigenvalue weighted by molar-refractivity contribution is -0.145. The SMILES string of the molecule is COC(=O)C1CCCN1C(=O)c1ccc(Cl)cc1OC. The average molecular weight is 298 g/mol. The molecule has 1 unspecified atom stereocenters. The number of carbonyl (C=O) groups excluding carboxylic acids is 2. The van der Waals surface area contributed by atoms with Gasteiger partial charge < -0.3 is 14.4 Å². The van der Waals surface area contributed by atoms with Crippen LogP contribution in [0, 0.1) is 0 Å². The highest BCUT2D eigenvalue weighted by Crippen LogP contribution is 2.28. The summed E-state index contributed by atoms with van der Waals surface area (Å²) in [4.78, 5) is 25.8. The first-order valence-corrected chi connectivity index (χ1v) is 6.68. The van der Waals surface area contributed by atoms with Crippen molar-refractivity contribution in [2.45, 2.75) is 18.9 Å². The van der Waals surface area contributed by atoms with Crippen molar-refractivity contribution >= 4 is 23.5 Å². The van der Waals surface area contributed by atoms with Gasteiger partial charge in [0.15, 0.2) is 0 Å². The molecule has 0 aromatic heterocycles. The largest absolute Gasteiger partial charge is 0.496 e. The second-order valence-corrected chi connectivity index (χ2v) is 4.96. The first-order valence-electron chi connectivity index (χ1n) is 6.30. The van der Waals surface area contributed by atoms with Gasteiger partial charge in [-0.25, -0.2) is 4.79 Å². The Morgan fingerprint density at radius 3 is 2.75 bits per heavy atom. The van der Waals surface area contributed by atoms with Gasteiger partial charge in [-0.1, -0.05) is 11.6 Å². The van der Waals surface area contributed by atoms with Gasteiger partial charge in [0.2, 0.25) is 0 Å². The fourth-order valence-corrected chi connectivity index (χ4v) is 2.55. The number of likely N-dealkylation sites (tertiary alicyclic amines) is 1. The van der Waals surface area contributed by atoms with E-state index in [0.29, 0.717) is 29.3 Å². The van der Waals surface area contributed by atoms with E-state index >= 15 is 0 Å². The maximum atomic E-state index is 12.6. The average Bonchev–Trinajstić information content (AvgIpc) is 2.94. The van der Waals surface area contributed by atoms with Crippen molar-refractivity contribution in [2.24, 2.45) is 0 Å². The monoisotopic (exact) mass is 297 g/mol. The zero-order valence-corrected chi connectivity index (χ0v) is 12.1. The highest BCUT2D eigenvalue weighted by Gasteiger charge is 2.36. The highest BCUT2D eigenvalue weighted by atomic mass is 35.5. The van der Waals surface area contributed by atoms with Crippen LogP contribution in [0.2, 0.25) is 5.02 Å². The van der Waals surface area contributed by atoms with E-state index in [1.54, 1.807) is 18.2 Å². The van der Waals surface area contributed by atoms with Crippen LogP contribution in [-0.2, 0) is 9.53 Å². The minimum absolute atomic E-state index is 0.244. The van der Waals surface area contributed by atoms with Crippen molar-refractivity contribution in [2.75, 3.05) is 20.8 Å². The number of nitrogens with zero attached hydrogens (tertiary/aromatic N) is 1. The van der Waals surface area contributed by atoms with Crippen LogP contribution in [0.4, 0.5) is 0 Å². The molecule has 108 valence electrons. The molecular weight excluding hydrogens is 282 g/mol.